The number of aryl methyl sites for hydroxylation is 1. The predicted octanol–water partition coefficient (Wildman–Crippen LogP) is 2.62. The minimum atomic E-state index is -0.869. The first-order valence-corrected chi connectivity index (χ1v) is 7.16. The van der Waals surface area contributed by atoms with Gasteiger partial charge in [-0.25, -0.2) is 0 Å². The number of hydrogen-bond donors (Lipinski definition) is 1. The highest BCUT2D eigenvalue weighted by molar-refractivity contribution is 7.85. The topological polar surface area (TPSA) is 43.1 Å². The summed E-state index contributed by atoms with van der Waals surface area (Å²) in [7, 11) is -0.869. The molecule has 1 aromatic rings. The van der Waals surface area contributed by atoms with Crippen molar-refractivity contribution in [3.05, 3.63) is 29.8 Å². The van der Waals surface area contributed by atoms with Crippen molar-refractivity contribution in [1.82, 2.24) is 0 Å². The zero-order valence-corrected chi connectivity index (χ0v) is 10.9. The van der Waals surface area contributed by atoms with Gasteiger partial charge in [0.05, 0.1) is 10.8 Å². The van der Waals surface area contributed by atoms with E-state index in [1.165, 1.54) is 0 Å². The van der Waals surface area contributed by atoms with Gasteiger partial charge in [-0.3, -0.25) is 4.21 Å². The summed E-state index contributed by atoms with van der Waals surface area (Å²) >= 11 is 0. The van der Waals surface area contributed by atoms with Gasteiger partial charge in [-0.1, -0.05) is 25.1 Å². The molecule has 0 bridgehead atoms. The van der Waals surface area contributed by atoms with Crippen LogP contribution < -0.4 is 5.73 Å². The fourth-order valence-electron chi connectivity index (χ4n) is 1.60. The Hall–Kier alpha value is -0.670. The third kappa shape index (κ3) is 4.06. The first-order chi connectivity index (χ1) is 7.65. The summed E-state index contributed by atoms with van der Waals surface area (Å²) in [4.78, 5) is 0.965. The number of rotatable bonds is 6. The van der Waals surface area contributed by atoms with Crippen LogP contribution in [0.25, 0.3) is 0 Å². The van der Waals surface area contributed by atoms with Gasteiger partial charge in [0.1, 0.15) is 0 Å². The highest BCUT2D eigenvalue weighted by Gasteiger charge is 2.07. The summed E-state index contributed by atoms with van der Waals surface area (Å²) in [5.41, 5.74) is 6.94. The Morgan fingerprint density at radius 2 is 2.06 bits per heavy atom. The highest BCUT2D eigenvalue weighted by atomic mass is 32.2. The molecule has 2 unspecified atom stereocenters. The Morgan fingerprint density at radius 1 is 1.38 bits per heavy atom. The Morgan fingerprint density at radius 3 is 2.69 bits per heavy atom. The third-order valence-corrected chi connectivity index (χ3v) is 4.38. The summed E-state index contributed by atoms with van der Waals surface area (Å²) < 4.78 is 12.0. The van der Waals surface area contributed by atoms with Gasteiger partial charge in [0.2, 0.25) is 0 Å². The van der Waals surface area contributed by atoms with E-state index in [0.29, 0.717) is 0 Å². The smallest absolute Gasteiger partial charge is 0.0532 e. The normalized spacial score (nSPS) is 14.7. The molecule has 2 nitrogen and oxygen atoms in total. The van der Waals surface area contributed by atoms with Gasteiger partial charge in [0, 0.05) is 16.7 Å². The fourth-order valence-corrected chi connectivity index (χ4v) is 2.91. The zero-order chi connectivity index (χ0) is 12.0. The molecule has 0 aromatic heterocycles. The Balaban J connectivity index is 2.44. The van der Waals surface area contributed by atoms with E-state index >= 15 is 0 Å². The molecule has 16 heavy (non-hydrogen) atoms. The summed E-state index contributed by atoms with van der Waals surface area (Å²) in [5, 5.41) is 0. The molecule has 2 atom stereocenters. The second-order valence-electron chi connectivity index (χ2n) is 4.13. The maximum atomic E-state index is 12.0. The van der Waals surface area contributed by atoms with E-state index in [1.807, 2.05) is 31.2 Å². The molecular formula is C13H21NOS. The van der Waals surface area contributed by atoms with Gasteiger partial charge < -0.3 is 5.73 Å². The maximum Gasteiger partial charge on any atom is 0.0532 e. The van der Waals surface area contributed by atoms with Crippen LogP contribution in [-0.2, 0) is 10.8 Å². The van der Waals surface area contributed by atoms with Crippen LogP contribution >= 0.6 is 0 Å². The molecule has 2 N–H and O–H groups in total. The van der Waals surface area contributed by atoms with Crippen molar-refractivity contribution in [2.75, 3.05) is 5.75 Å². The van der Waals surface area contributed by atoms with Crippen LogP contribution in [0.5, 0.6) is 0 Å². The average molecular weight is 239 g/mol. The molecule has 0 aliphatic carbocycles. The second kappa shape index (κ2) is 6.81. The predicted molar refractivity (Wildman–Crippen MR) is 70.0 cm³/mol. The molecule has 0 radical (unpaired) electrons. The van der Waals surface area contributed by atoms with E-state index in [-0.39, 0.29) is 6.04 Å². The number of benzene rings is 1. The van der Waals surface area contributed by atoms with Gasteiger partial charge in [0.25, 0.3) is 0 Å². The lowest BCUT2D eigenvalue weighted by Crippen LogP contribution is -2.19. The van der Waals surface area contributed by atoms with Crippen molar-refractivity contribution in [2.45, 2.75) is 44.0 Å². The van der Waals surface area contributed by atoms with Crippen LogP contribution in [0.4, 0.5) is 0 Å². The van der Waals surface area contributed by atoms with Crippen molar-refractivity contribution in [3.63, 3.8) is 0 Å². The van der Waals surface area contributed by atoms with Gasteiger partial charge in [-0.05, 0) is 37.8 Å². The largest absolute Gasteiger partial charge is 0.328 e. The van der Waals surface area contributed by atoms with Gasteiger partial charge in [0.15, 0.2) is 0 Å². The lowest BCUT2D eigenvalue weighted by atomic mass is 10.1. The summed E-state index contributed by atoms with van der Waals surface area (Å²) in [6.07, 6.45) is 2.90. The van der Waals surface area contributed by atoms with Crippen molar-refractivity contribution in [2.24, 2.45) is 5.73 Å². The van der Waals surface area contributed by atoms with E-state index < -0.39 is 10.8 Å². The van der Waals surface area contributed by atoms with E-state index in [4.69, 9.17) is 5.73 Å². The van der Waals surface area contributed by atoms with Crippen molar-refractivity contribution in [3.8, 4) is 0 Å². The first-order valence-electron chi connectivity index (χ1n) is 5.84. The minimum Gasteiger partial charge on any atom is -0.328 e. The number of nitrogens with two attached hydrogens (primary N) is 1. The Labute approximate surface area is 101 Å². The molecule has 0 aliphatic heterocycles. The third-order valence-electron chi connectivity index (χ3n) is 2.77. The molecule has 0 aliphatic rings. The first kappa shape index (κ1) is 13.4. The van der Waals surface area contributed by atoms with Crippen LogP contribution in [0, 0.1) is 6.92 Å². The molecule has 0 amide bonds. The standard InChI is InChI=1S/C13H21NOS/c1-3-12(14)8-6-10-16(15)13-9-5-4-7-11(13)2/h4-5,7,9,12H,3,6,8,10,14H2,1-2H3. The molecule has 3 heteroatoms. The zero-order valence-electron chi connectivity index (χ0n) is 10.1. The van der Waals surface area contributed by atoms with E-state index in [0.717, 1.165) is 35.5 Å². The number of hydrogen-bond acceptors (Lipinski definition) is 2. The summed E-state index contributed by atoms with van der Waals surface area (Å²) in [6, 6.07) is 8.13. The van der Waals surface area contributed by atoms with E-state index in [2.05, 4.69) is 6.92 Å². The molecule has 1 rings (SSSR count). The quantitative estimate of drug-likeness (QED) is 0.829. The van der Waals surface area contributed by atoms with Gasteiger partial charge in [-0.15, -0.1) is 0 Å². The highest BCUT2D eigenvalue weighted by Crippen LogP contribution is 2.13. The molecule has 0 saturated heterocycles. The molecular weight excluding hydrogens is 218 g/mol. The van der Waals surface area contributed by atoms with Crippen molar-refractivity contribution < 1.29 is 4.21 Å². The monoisotopic (exact) mass is 239 g/mol. The van der Waals surface area contributed by atoms with E-state index in [1.54, 1.807) is 0 Å². The summed E-state index contributed by atoms with van der Waals surface area (Å²) in [5.74, 6) is 0.721. The van der Waals surface area contributed by atoms with Crippen molar-refractivity contribution in [1.29, 1.82) is 0 Å². The molecule has 0 heterocycles. The minimum absolute atomic E-state index is 0.258. The molecule has 0 spiro atoms. The SMILES string of the molecule is CCC(N)CCCS(=O)c1ccccc1C. The Kier molecular flexibility index (Phi) is 5.71. The summed E-state index contributed by atoms with van der Waals surface area (Å²) in [6.45, 7) is 4.09. The molecule has 0 fully saturated rings. The van der Waals surface area contributed by atoms with Crippen LogP contribution in [0.1, 0.15) is 31.7 Å². The van der Waals surface area contributed by atoms with Crippen LogP contribution in [0.15, 0.2) is 29.2 Å². The lowest BCUT2D eigenvalue weighted by Gasteiger charge is -2.09. The van der Waals surface area contributed by atoms with Crippen LogP contribution in [0.3, 0.4) is 0 Å². The van der Waals surface area contributed by atoms with E-state index in [9.17, 15) is 4.21 Å². The Bertz CT molecular complexity index is 352. The van der Waals surface area contributed by atoms with Crippen LogP contribution in [-0.4, -0.2) is 16.0 Å². The molecule has 1 aromatic carbocycles. The maximum absolute atomic E-state index is 12.0. The molecule has 0 saturated carbocycles. The average Bonchev–Trinajstić information content (AvgIpc) is 2.29. The molecule has 90 valence electrons. The van der Waals surface area contributed by atoms with Gasteiger partial charge in [-0.2, -0.15) is 0 Å². The second-order valence-corrected chi connectivity index (χ2v) is 5.66. The van der Waals surface area contributed by atoms with Crippen molar-refractivity contribution >= 4 is 10.8 Å². The van der Waals surface area contributed by atoms with Gasteiger partial charge >= 0.3 is 0 Å². The fraction of sp³-hybridized carbons (Fsp3) is 0.538. The lowest BCUT2D eigenvalue weighted by molar-refractivity contribution is 0.586. The van der Waals surface area contributed by atoms with Crippen LogP contribution in [0.2, 0.25) is 0 Å².